The summed E-state index contributed by atoms with van der Waals surface area (Å²) >= 11 is 0. The number of aliphatic hydroxyl groups is 1. The van der Waals surface area contributed by atoms with Gasteiger partial charge in [-0.3, -0.25) is 0 Å². The van der Waals surface area contributed by atoms with E-state index in [1.807, 2.05) is 0 Å². The second kappa shape index (κ2) is 4.12. The fraction of sp³-hybridized carbons (Fsp3) is 0.417. The summed E-state index contributed by atoms with van der Waals surface area (Å²) in [5, 5.41) is 9.77. The van der Waals surface area contributed by atoms with E-state index in [1.165, 1.54) is 10.6 Å². The Morgan fingerprint density at radius 2 is 1.95 bits per heavy atom. The number of nitrogens with zero attached hydrogens (tertiary/aromatic N) is 2. The summed E-state index contributed by atoms with van der Waals surface area (Å²) in [6.07, 6.45) is -4.41. The molecular weight excluding hydrogens is 259 g/mol. The number of hydrogen-bond donors (Lipinski definition) is 2. The molecule has 19 heavy (non-hydrogen) atoms. The molecule has 1 aromatic heterocycles. The van der Waals surface area contributed by atoms with Crippen LogP contribution in [-0.4, -0.2) is 20.3 Å². The molecule has 2 aromatic rings. The second-order valence-corrected chi connectivity index (χ2v) is 5.07. The highest BCUT2D eigenvalue weighted by Crippen LogP contribution is 2.32. The highest BCUT2D eigenvalue weighted by Gasteiger charge is 2.31. The van der Waals surface area contributed by atoms with Gasteiger partial charge in [-0.05, 0) is 32.0 Å². The first-order valence-corrected chi connectivity index (χ1v) is 5.63. The maximum Gasteiger partial charge on any atom is 0.416 e. The third kappa shape index (κ3) is 2.81. The van der Waals surface area contributed by atoms with E-state index in [0.29, 0.717) is 5.52 Å². The molecular formula is C12H14F3N3O. The van der Waals surface area contributed by atoms with E-state index < -0.39 is 17.3 Å². The number of fused-ring (bicyclic) bond motifs is 1. The Kier molecular flexibility index (Phi) is 2.97. The Bertz CT molecular complexity index is 611. The summed E-state index contributed by atoms with van der Waals surface area (Å²) in [6.45, 7) is 3.32. The minimum Gasteiger partial charge on any atom is -0.389 e. The van der Waals surface area contributed by atoms with Crippen molar-refractivity contribution in [2.45, 2.75) is 32.2 Å². The van der Waals surface area contributed by atoms with E-state index in [4.69, 9.17) is 5.73 Å². The van der Waals surface area contributed by atoms with E-state index in [9.17, 15) is 18.3 Å². The first-order chi connectivity index (χ1) is 8.58. The highest BCUT2D eigenvalue weighted by atomic mass is 19.4. The number of benzene rings is 1. The second-order valence-electron chi connectivity index (χ2n) is 5.07. The van der Waals surface area contributed by atoms with Crippen LogP contribution in [0, 0.1) is 0 Å². The average Bonchev–Trinajstić information content (AvgIpc) is 2.51. The van der Waals surface area contributed by atoms with Crippen molar-refractivity contribution < 1.29 is 18.3 Å². The van der Waals surface area contributed by atoms with Crippen molar-refractivity contribution in [3.05, 3.63) is 23.8 Å². The maximum absolute atomic E-state index is 12.6. The quantitative estimate of drug-likeness (QED) is 0.883. The molecule has 1 heterocycles. The number of halogens is 3. The van der Waals surface area contributed by atoms with E-state index >= 15 is 0 Å². The zero-order chi connectivity index (χ0) is 14.4. The molecule has 0 saturated carbocycles. The largest absolute Gasteiger partial charge is 0.416 e. The lowest BCUT2D eigenvalue weighted by Crippen LogP contribution is -2.26. The van der Waals surface area contributed by atoms with E-state index in [-0.39, 0.29) is 18.0 Å². The topological polar surface area (TPSA) is 64.1 Å². The fourth-order valence-corrected chi connectivity index (χ4v) is 1.88. The van der Waals surface area contributed by atoms with Gasteiger partial charge in [-0.2, -0.15) is 13.2 Å². The van der Waals surface area contributed by atoms with Crippen LogP contribution in [0.3, 0.4) is 0 Å². The lowest BCUT2D eigenvalue weighted by atomic mass is 10.1. The van der Waals surface area contributed by atoms with Crippen LogP contribution < -0.4 is 5.73 Å². The van der Waals surface area contributed by atoms with Crippen LogP contribution in [0.4, 0.5) is 19.1 Å². The first-order valence-electron chi connectivity index (χ1n) is 5.63. The molecule has 0 saturated heterocycles. The van der Waals surface area contributed by atoms with Gasteiger partial charge in [0.25, 0.3) is 0 Å². The van der Waals surface area contributed by atoms with Crippen LogP contribution in [0.2, 0.25) is 0 Å². The van der Waals surface area contributed by atoms with Gasteiger partial charge >= 0.3 is 6.18 Å². The molecule has 0 fully saturated rings. The Labute approximate surface area is 107 Å². The van der Waals surface area contributed by atoms with E-state index in [2.05, 4.69) is 4.98 Å². The van der Waals surface area contributed by atoms with Crippen molar-refractivity contribution in [3.63, 3.8) is 0 Å². The standard InChI is InChI=1S/C12H14F3N3O/c1-11(2,19)6-18-9-4-3-7(12(13,14)15)5-8(9)17-10(18)16/h3-5,19H,6H2,1-2H3,(H2,16,17). The molecule has 4 nitrogen and oxygen atoms in total. The molecule has 0 aliphatic rings. The summed E-state index contributed by atoms with van der Waals surface area (Å²) in [5.41, 5.74) is 4.50. The molecule has 0 amide bonds. The van der Waals surface area contributed by atoms with Gasteiger partial charge in [0.2, 0.25) is 5.95 Å². The molecule has 7 heteroatoms. The highest BCUT2D eigenvalue weighted by molar-refractivity contribution is 5.79. The molecule has 0 bridgehead atoms. The molecule has 104 valence electrons. The van der Waals surface area contributed by atoms with Crippen LogP contribution in [-0.2, 0) is 12.7 Å². The van der Waals surface area contributed by atoms with E-state index in [0.717, 1.165) is 12.1 Å². The number of anilines is 1. The van der Waals surface area contributed by atoms with Crippen LogP contribution in [0.5, 0.6) is 0 Å². The normalized spacial score (nSPS) is 13.2. The monoisotopic (exact) mass is 273 g/mol. The van der Waals surface area contributed by atoms with Gasteiger partial charge in [-0.1, -0.05) is 0 Å². The van der Waals surface area contributed by atoms with E-state index in [1.54, 1.807) is 13.8 Å². The van der Waals surface area contributed by atoms with Crippen LogP contribution in [0.1, 0.15) is 19.4 Å². The molecule has 0 aliphatic carbocycles. The van der Waals surface area contributed by atoms with Crippen molar-refractivity contribution in [1.29, 1.82) is 0 Å². The molecule has 0 spiro atoms. The molecule has 3 N–H and O–H groups in total. The maximum atomic E-state index is 12.6. The van der Waals surface area contributed by atoms with Gasteiger partial charge in [-0.25, -0.2) is 4.98 Å². The van der Waals surface area contributed by atoms with Crippen molar-refractivity contribution in [3.8, 4) is 0 Å². The van der Waals surface area contributed by atoms with Crippen molar-refractivity contribution in [2.24, 2.45) is 0 Å². The zero-order valence-electron chi connectivity index (χ0n) is 10.5. The summed E-state index contributed by atoms with van der Waals surface area (Å²) in [7, 11) is 0. The van der Waals surface area contributed by atoms with Crippen LogP contribution in [0.15, 0.2) is 18.2 Å². The van der Waals surface area contributed by atoms with Gasteiger partial charge < -0.3 is 15.4 Å². The number of rotatable bonds is 2. The molecule has 2 rings (SSSR count). The predicted octanol–water partition coefficient (Wildman–Crippen LogP) is 2.41. The van der Waals surface area contributed by atoms with Gasteiger partial charge in [0.15, 0.2) is 0 Å². The summed E-state index contributed by atoms with van der Waals surface area (Å²) in [5.74, 6) is 0.0800. The number of nitrogen functional groups attached to an aromatic ring is 1. The summed E-state index contributed by atoms with van der Waals surface area (Å²) < 4.78 is 39.3. The van der Waals surface area contributed by atoms with Gasteiger partial charge in [0.1, 0.15) is 0 Å². The lowest BCUT2D eigenvalue weighted by molar-refractivity contribution is -0.137. The number of alkyl halides is 3. The third-order valence-electron chi connectivity index (χ3n) is 2.65. The van der Waals surface area contributed by atoms with Crippen molar-refractivity contribution >= 4 is 17.0 Å². The number of aromatic nitrogens is 2. The lowest BCUT2D eigenvalue weighted by Gasteiger charge is -2.19. The Hall–Kier alpha value is -1.76. The Morgan fingerprint density at radius 3 is 2.47 bits per heavy atom. The molecule has 0 radical (unpaired) electrons. The van der Waals surface area contributed by atoms with Crippen molar-refractivity contribution in [1.82, 2.24) is 9.55 Å². The number of hydrogen-bond acceptors (Lipinski definition) is 3. The Morgan fingerprint density at radius 1 is 1.32 bits per heavy atom. The van der Waals surface area contributed by atoms with Gasteiger partial charge in [-0.15, -0.1) is 0 Å². The smallest absolute Gasteiger partial charge is 0.389 e. The predicted molar refractivity (Wildman–Crippen MR) is 65.4 cm³/mol. The van der Waals surface area contributed by atoms with Crippen LogP contribution in [0.25, 0.3) is 11.0 Å². The Balaban J connectivity index is 2.54. The minimum atomic E-state index is -4.41. The summed E-state index contributed by atoms with van der Waals surface area (Å²) in [4.78, 5) is 3.90. The summed E-state index contributed by atoms with van der Waals surface area (Å²) in [6, 6.07) is 3.24. The van der Waals surface area contributed by atoms with Crippen molar-refractivity contribution in [2.75, 3.05) is 5.73 Å². The SMILES string of the molecule is CC(C)(O)Cn1c(N)nc2cc(C(F)(F)F)ccc21. The first kappa shape index (κ1) is 13.7. The third-order valence-corrected chi connectivity index (χ3v) is 2.65. The number of imidazole rings is 1. The average molecular weight is 273 g/mol. The molecule has 0 aliphatic heterocycles. The van der Waals surface area contributed by atoms with Gasteiger partial charge in [0.05, 0.1) is 28.7 Å². The van der Waals surface area contributed by atoms with Gasteiger partial charge in [0, 0.05) is 0 Å². The fourth-order valence-electron chi connectivity index (χ4n) is 1.88. The number of nitrogens with two attached hydrogens (primary N) is 1. The van der Waals surface area contributed by atoms with Crippen LogP contribution >= 0.6 is 0 Å². The molecule has 0 unspecified atom stereocenters. The molecule has 1 aromatic carbocycles. The zero-order valence-corrected chi connectivity index (χ0v) is 10.5. The minimum absolute atomic E-state index is 0.0800. The molecule has 0 atom stereocenters.